The predicted octanol–water partition coefficient (Wildman–Crippen LogP) is 1.84. The van der Waals surface area contributed by atoms with Gasteiger partial charge in [-0.1, -0.05) is 12.1 Å². The summed E-state index contributed by atoms with van der Waals surface area (Å²) in [6.07, 6.45) is 0.155. The molecule has 5 heteroatoms. The van der Waals surface area contributed by atoms with Crippen molar-refractivity contribution in [1.82, 2.24) is 0 Å². The number of halogens is 1. The molecule has 1 aliphatic heterocycles. The number of aliphatic imine (C=N–C) groups is 1. The quantitative estimate of drug-likeness (QED) is 0.869. The first-order chi connectivity index (χ1) is 8.16. The largest absolute Gasteiger partial charge is 0.481 e. The molecule has 2 rings (SSSR count). The van der Waals surface area contributed by atoms with Gasteiger partial charge in [-0.25, -0.2) is 9.38 Å². The van der Waals surface area contributed by atoms with Crippen molar-refractivity contribution in [3.8, 4) is 0 Å². The summed E-state index contributed by atoms with van der Waals surface area (Å²) in [6.45, 7) is 0.386. The first kappa shape index (κ1) is 11.6. The van der Waals surface area contributed by atoms with Crippen molar-refractivity contribution in [3.05, 3.63) is 35.6 Å². The van der Waals surface area contributed by atoms with E-state index in [1.165, 1.54) is 6.07 Å². The molecule has 0 fully saturated rings. The summed E-state index contributed by atoms with van der Waals surface area (Å²) in [4.78, 5) is 14.5. The predicted molar refractivity (Wildman–Crippen MR) is 59.5 cm³/mol. The highest BCUT2D eigenvalue weighted by molar-refractivity contribution is 5.95. The van der Waals surface area contributed by atoms with Gasteiger partial charge in [0.05, 0.1) is 12.1 Å². The van der Waals surface area contributed by atoms with Crippen LogP contribution < -0.4 is 0 Å². The number of carbonyl (C=O) groups is 1. The van der Waals surface area contributed by atoms with Gasteiger partial charge in [0.15, 0.2) is 0 Å². The van der Waals surface area contributed by atoms with Gasteiger partial charge in [-0.2, -0.15) is 0 Å². The van der Waals surface area contributed by atoms with Gasteiger partial charge in [0.25, 0.3) is 0 Å². The molecule has 0 saturated carbocycles. The monoisotopic (exact) mass is 237 g/mol. The Hall–Kier alpha value is -1.91. The molecule has 0 radical (unpaired) electrons. The molecule has 1 heterocycles. The van der Waals surface area contributed by atoms with E-state index >= 15 is 0 Å². The van der Waals surface area contributed by atoms with Crippen molar-refractivity contribution in [3.63, 3.8) is 0 Å². The van der Waals surface area contributed by atoms with Gasteiger partial charge in [0, 0.05) is 6.42 Å². The molecule has 1 N–H and O–H groups in total. The zero-order valence-electron chi connectivity index (χ0n) is 9.10. The fourth-order valence-corrected chi connectivity index (χ4v) is 1.64. The van der Waals surface area contributed by atoms with E-state index in [0.29, 0.717) is 18.5 Å². The maximum Gasteiger partial charge on any atom is 0.303 e. The van der Waals surface area contributed by atoms with Crippen LogP contribution in [0.4, 0.5) is 4.39 Å². The third-order valence-corrected chi connectivity index (χ3v) is 2.50. The van der Waals surface area contributed by atoms with Crippen LogP contribution in [0, 0.1) is 5.82 Å². The fraction of sp³-hybridized carbons (Fsp3) is 0.333. The van der Waals surface area contributed by atoms with Gasteiger partial charge in [-0.15, -0.1) is 0 Å². The highest BCUT2D eigenvalue weighted by atomic mass is 19.1. The minimum atomic E-state index is -0.868. The number of hydrogen-bond donors (Lipinski definition) is 1. The summed E-state index contributed by atoms with van der Waals surface area (Å²) in [5, 5.41) is 8.55. The maximum atomic E-state index is 13.4. The van der Waals surface area contributed by atoms with Crippen molar-refractivity contribution < 1.29 is 19.0 Å². The van der Waals surface area contributed by atoms with Crippen molar-refractivity contribution in [2.75, 3.05) is 6.54 Å². The normalized spacial score (nSPS) is 18.6. The minimum absolute atomic E-state index is 0.0325. The van der Waals surface area contributed by atoms with E-state index in [9.17, 15) is 9.18 Å². The van der Waals surface area contributed by atoms with Gasteiger partial charge in [0.2, 0.25) is 5.90 Å². The second-order valence-electron chi connectivity index (χ2n) is 3.80. The van der Waals surface area contributed by atoms with Gasteiger partial charge < -0.3 is 9.84 Å². The number of benzene rings is 1. The Morgan fingerprint density at radius 3 is 3.00 bits per heavy atom. The lowest BCUT2D eigenvalue weighted by molar-refractivity contribution is -0.137. The summed E-state index contributed by atoms with van der Waals surface area (Å²) in [5.74, 6) is -0.989. The second-order valence-corrected chi connectivity index (χ2v) is 3.80. The summed E-state index contributed by atoms with van der Waals surface area (Å²) in [6, 6.07) is 6.23. The molecule has 17 heavy (non-hydrogen) atoms. The molecule has 90 valence electrons. The molecular weight excluding hydrogens is 225 g/mol. The third-order valence-electron chi connectivity index (χ3n) is 2.50. The lowest BCUT2D eigenvalue weighted by Gasteiger charge is -2.10. The molecule has 0 aromatic heterocycles. The van der Waals surface area contributed by atoms with Crippen molar-refractivity contribution in [2.45, 2.75) is 18.9 Å². The second kappa shape index (κ2) is 4.95. The van der Waals surface area contributed by atoms with E-state index in [4.69, 9.17) is 9.84 Å². The van der Waals surface area contributed by atoms with Gasteiger partial charge in [-0.05, 0) is 18.6 Å². The van der Waals surface area contributed by atoms with E-state index in [1.807, 2.05) is 0 Å². The highest BCUT2D eigenvalue weighted by Gasteiger charge is 2.23. The number of nitrogens with zero attached hydrogens (tertiary/aromatic N) is 1. The molecule has 1 aromatic rings. The van der Waals surface area contributed by atoms with E-state index in [-0.39, 0.29) is 24.2 Å². The van der Waals surface area contributed by atoms with Gasteiger partial charge in [-0.3, -0.25) is 4.79 Å². The van der Waals surface area contributed by atoms with Crippen LogP contribution in [-0.2, 0) is 9.53 Å². The Balaban J connectivity index is 1.98. The topological polar surface area (TPSA) is 58.9 Å². The first-order valence-electron chi connectivity index (χ1n) is 5.34. The number of carboxylic acid groups (broad SMARTS) is 1. The smallest absolute Gasteiger partial charge is 0.303 e. The van der Waals surface area contributed by atoms with Crippen LogP contribution in [0.1, 0.15) is 18.4 Å². The third kappa shape index (κ3) is 2.81. The van der Waals surface area contributed by atoms with Crippen LogP contribution >= 0.6 is 0 Å². The fourth-order valence-electron chi connectivity index (χ4n) is 1.64. The molecule has 0 spiro atoms. The van der Waals surface area contributed by atoms with E-state index in [1.54, 1.807) is 18.2 Å². The number of carboxylic acids is 1. The molecule has 1 aliphatic rings. The minimum Gasteiger partial charge on any atom is -0.481 e. The number of aliphatic carboxylic acids is 1. The summed E-state index contributed by atoms with van der Waals surface area (Å²) >= 11 is 0. The summed E-state index contributed by atoms with van der Waals surface area (Å²) in [5.41, 5.74) is 0.324. The highest BCUT2D eigenvalue weighted by Crippen LogP contribution is 2.17. The molecule has 0 bridgehead atoms. The number of hydrogen-bond acceptors (Lipinski definition) is 3. The Morgan fingerprint density at radius 1 is 1.53 bits per heavy atom. The molecule has 0 saturated heterocycles. The van der Waals surface area contributed by atoms with E-state index < -0.39 is 5.97 Å². The van der Waals surface area contributed by atoms with Crippen LogP contribution in [0.2, 0.25) is 0 Å². The Kier molecular flexibility index (Phi) is 3.37. The number of ether oxygens (including phenoxy) is 1. The van der Waals surface area contributed by atoms with Crippen LogP contribution in [0.3, 0.4) is 0 Å². The molecule has 0 amide bonds. The lowest BCUT2D eigenvalue weighted by Crippen LogP contribution is -2.15. The molecule has 0 aliphatic carbocycles. The zero-order chi connectivity index (χ0) is 12.3. The molecular formula is C12H12FNO3. The standard InChI is InChI=1S/C12H12FNO3/c13-10-4-2-1-3-9(10)12-14-7-8(17-12)5-6-11(15)16/h1-4,8H,5-7H2,(H,15,16). The van der Waals surface area contributed by atoms with Crippen LogP contribution in [0.15, 0.2) is 29.3 Å². The Labute approximate surface area is 97.7 Å². The van der Waals surface area contributed by atoms with Gasteiger partial charge >= 0.3 is 5.97 Å². The van der Waals surface area contributed by atoms with Crippen LogP contribution in [0.25, 0.3) is 0 Å². The van der Waals surface area contributed by atoms with E-state index in [2.05, 4.69) is 4.99 Å². The van der Waals surface area contributed by atoms with Crippen LogP contribution in [-0.4, -0.2) is 29.6 Å². The Bertz CT molecular complexity index is 459. The number of rotatable bonds is 4. The maximum absolute atomic E-state index is 13.4. The molecule has 1 atom stereocenters. The SMILES string of the molecule is O=C(O)CCC1CN=C(c2ccccc2F)O1. The molecule has 1 aromatic carbocycles. The zero-order valence-corrected chi connectivity index (χ0v) is 9.10. The average Bonchev–Trinajstić information content (AvgIpc) is 2.75. The first-order valence-corrected chi connectivity index (χ1v) is 5.34. The van der Waals surface area contributed by atoms with E-state index in [0.717, 1.165) is 0 Å². The lowest BCUT2D eigenvalue weighted by atomic mass is 10.2. The molecule has 1 unspecified atom stereocenters. The van der Waals surface area contributed by atoms with Crippen LogP contribution in [0.5, 0.6) is 0 Å². The van der Waals surface area contributed by atoms with Crippen molar-refractivity contribution >= 4 is 11.9 Å². The van der Waals surface area contributed by atoms with Crippen molar-refractivity contribution in [1.29, 1.82) is 0 Å². The van der Waals surface area contributed by atoms with Gasteiger partial charge in [0.1, 0.15) is 11.9 Å². The average molecular weight is 237 g/mol. The Morgan fingerprint density at radius 2 is 2.29 bits per heavy atom. The summed E-state index contributed by atoms with van der Waals surface area (Å²) in [7, 11) is 0. The van der Waals surface area contributed by atoms with Crippen molar-refractivity contribution in [2.24, 2.45) is 4.99 Å². The molecule has 4 nitrogen and oxygen atoms in total. The summed E-state index contributed by atoms with van der Waals surface area (Å²) < 4.78 is 18.9.